The third kappa shape index (κ3) is 3.93. The third-order valence-corrected chi connectivity index (χ3v) is 6.02. The first-order valence-corrected chi connectivity index (χ1v) is 10.6. The van der Waals surface area contributed by atoms with Gasteiger partial charge in [0.05, 0.1) is 12.2 Å². The number of nitrogens with one attached hydrogen (secondary N) is 3. The summed E-state index contributed by atoms with van der Waals surface area (Å²) < 4.78 is 7.02. The van der Waals surface area contributed by atoms with Gasteiger partial charge in [-0.2, -0.15) is 0 Å². The first kappa shape index (κ1) is 20.1. The van der Waals surface area contributed by atoms with Crippen molar-refractivity contribution in [2.45, 2.75) is 32.4 Å². The molecular formula is C21H22N4O4S. The van der Waals surface area contributed by atoms with Gasteiger partial charge in [0.15, 0.2) is 5.76 Å². The number of thiophene rings is 1. The number of benzene rings is 1. The molecule has 156 valence electrons. The third-order valence-electron chi connectivity index (χ3n) is 5.06. The van der Waals surface area contributed by atoms with Crippen LogP contribution in [0.4, 0.5) is 6.01 Å². The first-order valence-electron chi connectivity index (χ1n) is 9.75. The van der Waals surface area contributed by atoms with Crippen molar-refractivity contribution >= 4 is 45.0 Å². The molecule has 3 heterocycles. The van der Waals surface area contributed by atoms with Gasteiger partial charge >= 0.3 is 0 Å². The van der Waals surface area contributed by atoms with Gasteiger partial charge in [-0.05, 0) is 18.4 Å². The molecular weight excluding hydrogens is 404 g/mol. The number of hydrogen-bond acceptors (Lipinski definition) is 7. The van der Waals surface area contributed by atoms with Gasteiger partial charge in [-0.3, -0.25) is 14.4 Å². The summed E-state index contributed by atoms with van der Waals surface area (Å²) in [7, 11) is 0. The highest BCUT2D eigenvalue weighted by Gasteiger charge is 2.33. The van der Waals surface area contributed by atoms with E-state index in [4.69, 9.17) is 4.42 Å². The Bertz CT molecular complexity index is 1100. The average Bonchev–Trinajstić information content (AvgIpc) is 3.36. The van der Waals surface area contributed by atoms with Crippen LogP contribution >= 0.6 is 11.3 Å². The lowest BCUT2D eigenvalue weighted by atomic mass is 10.0. The zero-order valence-electron chi connectivity index (χ0n) is 16.6. The topological polar surface area (TPSA) is 113 Å². The Morgan fingerprint density at radius 1 is 1.30 bits per heavy atom. The Labute approximate surface area is 177 Å². The van der Waals surface area contributed by atoms with Crippen LogP contribution in [0.3, 0.4) is 0 Å². The Balaban J connectivity index is 1.49. The number of nitrogens with zero attached hydrogens (tertiary/aromatic N) is 1. The molecule has 0 saturated carbocycles. The molecule has 2 atom stereocenters. The van der Waals surface area contributed by atoms with E-state index >= 15 is 0 Å². The molecule has 9 heteroatoms. The monoisotopic (exact) mass is 426 g/mol. The lowest BCUT2D eigenvalue weighted by molar-refractivity contribution is -0.141. The maximum Gasteiger partial charge on any atom is 0.295 e. The summed E-state index contributed by atoms with van der Waals surface area (Å²) in [6.07, 6.45) is 2.00. The van der Waals surface area contributed by atoms with Crippen molar-refractivity contribution in [3.8, 4) is 11.3 Å². The van der Waals surface area contributed by atoms with Crippen LogP contribution in [0.2, 0.25) is 0 Å². The fourth-order valence-corrected chi connectivity index (χ4v) is 4.36. The lowest BCUT2D eigenvalue weighted by Crippen LogP contribution is -2.56. The SMILES string of the molecule is CC(C)C(Nc1ncc(-c2csc3ccccc23)o1)C(=O)NC1CCNC(=O)C1=O. The number of amides is 2. The van der Waals surface area contributed by atoms with Crippen molar-refractivity contribution in [3.05, 3.63) is 35.8 Å². The van der Waals surface area contributed by atoms with Crippen molar-refractivity contribution in [3.63, 3.8) is 0 Å². The van der Waals surface area contributed by atoms with Crippen molar-refractivity contribution in [2.75, 3.05) is 11.9 Å². The van der Waals surface area contributed by atoms with Gasteiger partial charge in [0.25, 0.3) is 11.9 Å². The second-order valence-corrected chi connectivity index (χ2v) is 8.42. The summed E-state index contributed by atoms with van der Waals surface area (Å²) in [5.74, 6) is -1.16. The van der Waals surface area contributed by atoms with E-state index in [9.17, 15) is 14.4 Å². The smallest absolute Gasteiger partial charge is 0.295 e. The number of piperidine rings is 1. The van der Waals surface area contributed by atoms with Gasteiger partial charge in [-0.15, -0.1) is 11.3 Å². The largest absolute Gasteiger partial charge is 0.424 e. The Morgan fingerprint density at radius 2 is 2.10 bits per heavy atom. The fourth-order valence-electron chi connectivity index (χ4n) is 3.41. The number of anilines is 1. The summed E-state index contributed by atoms with van der Waals surface area (Å²) in [5, 5.41) is 11.3. The molecule has 0 radical (unpaired) electrons. The quantitative estimate of drug-likeness (QED) is 0.522. The molecule has 1 aliphatic heterocycles. The van der Waals surface area contributed by atoms with E-state index in [0.29, 0.717) is 18.7 Å². The molecule has 1 fully saturated rings. The van der Waals surface area contributed by atoms with Gasteiger partial charge in [-0.1, -0.05) is 32.0 Å². The Kier molecular flexibility index (Phi) is 5.54. The van der Waals surface area contributed by atoms with E-state index in [1.807, 2.05) is 43.5 Å². The van der Waals surface area contributed by atoms with Crippen LogP contribution in [0.15, 0.2) is 40.3 Å². The maximum absolute atomic E-state index is 12.8. The van der Waals surface area contributed by atoms with Crippen molar-refractivity contribution in [1.29, 1.82) is 0 Å². The Morgan fingerprint density at radius 3 is 2.90 bits per heavy atom. The second-order valence-electron chi connectivity index (χ2n) is 7.51. The van der Waals surface area contributed by atoms with E-state index in [1.54, 1.807) is 17.5 Å². The molecule has 0 spiro atoms. The first-order chi connectivity index (χ1) is 14.4. The van der Waals surface area contributed by atoms with E-state index < -0.39 is 23.8 Å². The zero-order valence-corrected chi connectivity index (χ0v) is 17.4. The van der Waals surface area contributed by atoms with Gasteiger partial charge in [0.1, 0.15) is 6.04 Å². The van der Waals surface area contributed by atoms with E-state index in [-0.39, 0.29) is 17.8 Å². The van der Waals surface area contributed by atoms with Gasteiger partial charge in [-0.25, -0.2) is 4.98 Å². The fraction of sp³-hybridized carbons (Fsp3) is 0.333. The predicted octanol–water partition coefficient (Wildman–Crippen LogP) is 2.57. The van der Waals surface area contributed by atoms with Gasteiger partial charge in [0.2, 0.25) is 11.7 Å². The molecule has 2 unspecified atom stereocenters. The van der Waals surface area contributed by atoms with Crippen LogP contribution in [-0.2, 0) is 14.4 Å². The highest BCUT2D eigenvalue weighted by Crippen LogP contribution is 2.34. The number of Topliss-reactive ketones (excluding diaryl/α,β-unsaturated/α-hetero) is 1. The maximum atomic E-state index is 12.8. The molecule has 1 aliphatic rings. The minimum atomic E-state index is -0.813. The van der Waals surface area contributed by atoms with Gasteiger partial charge in [0, 0.05) is 27.6 Å². The van der Waals surface area contributed by atoms with Crippen molar-refractivity contribution in [1.82, 2.24) is 15.6 Å². The summed E-state index contributed by atoms with van der Waals surface area (Å²) in [6.45, 7) is 4.11. The Hall–Kier alpha value is -3.20. The molecule has 8 nitrogen and oxygen atoms in total. The zero-order chi connectivity index (χ0) is 21.3. The molecule has 4 rings (SSSR count). The molecule has 2 amide bonds. The molecule has 2 aromatic heterocycles. The molecule has 30 heavy (non-hydrogen) atoms. The van der Waals surface area contributed by atoms with Crippen molar-refractivity contribution in [2.24, 2.45) is 5.92 Å². The number of hydrogen-bond donors (Lipinski definition) is 3. The molecule has 0 bridgehead atoms. The average molecular weight is 426 g/mol. The number of aromatic nitrogens is 1. The molecule has 3 aromatic rings. The number of oxazole rings is 1. The molecule has 1 aromatic carbocycles. The van der Waals surface area contributed by atoms with E-state index in [2.05, 4.69) is 20.9 Å². The second kappa shape index (κ2) is 8.27. The number of carbonyl (C=O) groups excluding carboxylic acids is 3. The highest BCUT2D eigenvalue weighted by molar-refractivity contribution is 7.17. The number of rotatable bonds is 6. The normalized spacial score (nSPS) is 17.8. The van der Waals surface area contributed by atoms with E-state index in [1.165, 1.54) is 0 Å². The van der Waals surface area contributed by atoms with Crippen LogP contribution in [0, 0.1) is 5.92 Å². The summed E-state index contributed by atoms with van der Waals surface area (Å²) >= 11 is 1.62. The minimum Gasteiger partial charge on any atom is -0.424 e. The summed E-state index contributed by atoms with van der Waals surface area (Å²) in [5.41, 5.74) is 0.945. The highest BCUT2D eigenvalue weighted by atomic mass is 32.1. The van der Waals surface area contributed by atoms with Crippen LogP contribution in [-0.4, -0.2) is 41.2 Å². The summed E-state index contributed by atoms with van der Waals surface area (Å²) in [6, 6.07) is 6.77. The molecule has 1 saturated heterocycles. The number of ketones is 1. The van der Waals surface area contributed by atoms with Crippen LogP contribution in [0.1, 0.15) is 20.3 Å². The van der Waals surface area contributed by atoms with Crippen molar-refractivity contribution < 1.29 is 18.8 Å². The number of carbonyl (C=O) groups is 3. The van der Waals surface area contributed by atoms with Crippen LogP contribution < -0.4 is 16.0 Å². The molecule has 0 aliphatic carbocycles. The molecule has 3 N–H and O–H groups in total. The minimum absolute atomic E-state index is 0.102. The lowest BCUT2D eigenvalue weighted by Gasteiger charge is -2.26. The summed E-state index contributed by atoms with van der Waals surface area (Å²) in [4.78, 5) is 40.6. The number of fused-ring (bicyclic) bond motifs is 1. The van der Waals surface area contributed by atoms with E-state index in [0.717, 1.165) is 15.6 Å². The van der Waals surface area contributed by atoms with Crippen LogP contribution in [0.25, 0.3) is 21.4 Å². The standard InChI is InChI=1S/C21H22N4O4S/c1-11(2)17(19(27)24-14-7-8-22-20(28)18(14)26)25-21-23-9-15(29-21)13-10-30-16-6-4-3-5-12(13)16/h3-6,9-11,14,17H,7-8H2,1-2H3,(H,22,28)(H,23,25)(H,24,27). The predicted molar refractivity (Wildman–Crippen MR) is 114 cm³/mol. The van der Waals surface area contributed by atoms with Crippen LogP contribution in [0.5, 0.6) is 0 Å². The van der Waals surface area contributed by atoms with Gasteiger partial charge < -0.3 is 20.4 Å².